The Balaban J connectivity index is 0.916. The highest BCUT2D eigenvalue weighted by molar-refractivity contribution is 7.26. The molecule has 328 valence electrons. The van der Waals surface area contributed by atoms with Gasteiger partial charge in [0.15, 0.2) is 0 Å². The summed E-state index contributed by atoms with van der Waals surface area (Å²) in [5.41, 5.74) is 22.4. The zero-order valence-electron chi connectivity index (χ0n) is 39.1. The van der Waals surface area contributed by atoms with E-state index in [0.717, 1.165) is 22.7 Å². The molecule has 3 heteroatoms. The molecule has 0 amide bonds. The molecule has 2 aliphatic carbocycles. The molecular weight excluding hydrogens is 853 g/mol. The van der Waals surface area contributed by atoms with Crippen LogP contribution in [0.15, 0.2) is 218 Å². The van der Waals surface area contributed by atoms with Crippen molar-refractivity contribution < 1.29 is 0 Å². The topological polar surface area (TPSA) is 8.17 Å². The molecule has 0 N–H and O–H groups in total. The van der Waals surface area contributed by atoms with Crippen molar-refractivity contribution in [2.75, 3.05) is 4.90 Å². The normalized spacial score (nSPS) is 14.0. The first-order valence-electron chi connectivity index (χ1n) is 24.2. The Morgan fingerprint density at radius 1 is 0.362 bits per heavy atom. The van der Waals surface area contributed by atoms with Gasteiger partial charge in [-0.05, 0) is 133 Å². The van der Waals surface area contributed by atoms with Gasteiger partial charge in [0.25, 0.3) is 0 Å². The number of hydrogen-bond acceptors (Lipinski definition) is 2. The van der Waals surface area contributed by atoms with Crippen LogP contribution in [0.3, 0.4) is 0 Å². The molecule has 2 aromatic heterocycles. The van der Waals surface area contributed by atoms with E-state index in [4.69, 9.17) is 0 Å². The molecule has 0 aliphatic heterocycles. The minimum Gasteiger partial charge on any atom is -0.310 e. The minimum atomic E-state index is -0.118. The van der Waals surface area contributed by atoms with Crippen molar-refractivity contribution in [2.24, 2.45) is 0 Å². The maximum absolute atomic E-state index is 2.48. The molecule has 0 spiro atoms. The molecular formula is C66H48N2S. The van der Waals surface area contributed by atoms with Crippen molar-refractivity contribution >= 4 is 70.4 Å². The summed E-state index contributed by atoms with van der Waals surface area (Å²) in [6.07, 6.45) is 0. The lowest BCUT2D eigenvalue weighted by Gasteiger charge is -2.30. The smallest absolute Gasteiger partial charge is 0.0555 e. The monoisotopic (exact) mass is 900 g/mol. The van der Waals surface area contributed by atoms with Crippen LogP contribution in [0.5, 0.6) is 0 Å². The van der Waals surface area contributed by atoms with Gasteiger partial charge in [0.2, 0.25) is 0 Å². The van der Waals surface area contributed by atoms with Gasteiger partial charge in [0, 0.05) is 64.5 Å². The summed E-state index contributed by atoms with van der Waals surface area (Å²) in [6, 6.07) is 81.7. The average molecular weight is 901 g/mol. The summed E-state index contributed by atoms with van der Waals surface area (Å²) in [7, 11) is 0. The first-order chi connectivity index (χ1) is 33.7. The average Bonchev–Trinajstić information content (AvgIpc) is 4.07. The molecule has 0 unspecified atom stereocenters. The molecule has 0 atom stereocenters. The zero-order chi connectivity index (χ0) is 46.2. The van der Waals surface area contributed by atoms with Crippen molar-refractivity contribution in [3.8, 4) is 50.2 Å². The maximum Gasteiger partial charge on any atom is 0.0555 e. The molecule has 0 bridgehead atoms. The SMILES string of the molecule is CC1(C)c2ccccc2-c2ccc(N(c3ccc(-c4ccc5c6c7sc8ccccc8c7ccc6n(-c6ccc(-c7ccccc7)cc6)c5c4)cc3)c3ccc4c(c3)C(C)(C)c3ccccc3-4)cc21. The van der Waals surface area contributed by atoms with Gasteiger partial charge in [-0.25, -0.2) is 0 Å². The molecule has 2 aliphatic rings. The first kappa shape index (κ1) is 40.1. The van der Waals surface area contributed by atoms with Gasteiger partial charge in [-0.1, -0.05) is 179 Å². The predicted molar refractivity (Wildman–Crippen MR) is 294 cm³/mol. The van der Waals surface area contributed by atoms with Crippen LogP contribution in [0.25, 0.3) is 92.2 Å². The number of anilines is 3. The lowest BCUT2D eigenvalue weighted by molar-refractivity contribution is 0.660. The molecule has 0 radical (unpaired) electrons. The van der Waals surface area contributed by atoms with E-state index < -0.39 is 0 Å². The largest absolute Gasteiger partial charge is 0.310 e. The van der Waals surface area contributed by atoms with Crippen molar-refractivity contribution in [3.05, 3.63) is 241 Å². The van der Waals surface area contributed by atoms with Crippen LogP contribution < -0.4 is 4.90 Å². The van der Waals surface area contributed by atoms with Gasteiger partial charge in [0.05, 0.1) is 11.0 Å². The molecule has 2 heterocycles. The minimum absolute atomic E-state index is 0.118. The quantitative estimate of drug-likeness (QED) is 0.161. The number of thiophene rings is 1. The number of nitrogens with zero attached hydrogens (tertiary/aromatic N) is 2. The number of fused-ring (bicyclic) bond motifs is 13. The Hall–Kier alpha value is -7.98. The third-order valence-corrected chi connectivity index (χ3v) is 16.8. The van der Waals surface area contributed by atoms with Crippen LogP contribution in [0, 0.1) is 0 Å². The Morgan fingerprint density at radius 3 is 1.54 bits per heavy atom. The number of aromatic nitrogens is 1. The summed E-state index contributed by atoms with van der Waals surface area (Å²) in [6.45, 7) is 9.49. The van der Waals surface area contributed by atoms with E-state index in [9.17, 15) is 0 Å². The van der Waals surface area contributed by atoms with Gasteiger partial charge in [-0.15, -0.1) is 11.3 Å². The highest BCUT2D eigenvalue weighted by atomic mass is 32.1. The van der Waals surface area contributed by atoms with E-state index in [2.05, 4.69) is 256 Å². The van der Waals surface area contributed by atoms with Crippen molar-refractivity contribution in [1.82, 2.24) is 4.57 Å². The Kier molecular flexibility index (Phi) is 8.58. The van der Waals surface area contributed by atoms with Crippen LogP contribution in [0.4, 0.5) is 17.1 Å². The van der Waals surface area contributed by atoms with E-state index in [1.165, 1.54) is 109 Å². The summed E-state index contributed by atoms with van der Waals surface area (Å²) >= 11 is 1.90. The van der Waals surface area contributed by atoms with Gasteiger partial charge < -0.3 is 9.47 Å². The highest BCUT2D eigenvalue weighted by Crippen LogP contribution is 2.53. The van der Waals surface area contributed by atoms with Crippen LogP contribution in [0.2, 0.25) is 0 Å². The van der Waals surface area contributed by atoms with Crippen molar-refractivity contribution in [1.29, 1.82) is 0 Å². The second-order valence-electron chi connectivity index (χ2n) is 20.1. The zero-order valence-corrected chi connectivity index (χ0v) is 39.9. The van der Waals surface area contributed by atoms with Crippen LogP contribution in [-0.4, -0.2) is 4.57 Å². The van der Waals surface area contributed by atoms with Crippen molar-refractivity contribution in [3.63, 3.8) is 0 Å². The standard InChI is InChI=1S/C66H48N2S/c1-65(2)56-19-11-8-16-49(56)51-34-31-47(39-58(51)65)67(48-32-35-52-50-17-9-12-20-57(50)66(3,4)59(52)40-48)45-27-24-43(25-28-45)44-26-33-55-61(38-44)68(46-29-22-42(23-30-46)41-14-6-5-7-15-41)60-37-36-54-53-18-10-13-21-62(53)69-64(54)63(55)60/h5-40H,1-4H3. The predicted octanol–water partition coefficient (Wildman–Crippen LogP) is 18.6. The second kappa shape index (κ2) is 14.8. The maximum atomic E-state index is 2.48. The second-order valence-corrected chi connectivity index (χ2v) is 21.2. The third-order valence-electron chi connectivity index (χ3n) is 15.6. The van der Waals surface area contributed by atoms with E-state index in [1.54, 1.807) is 0 Å². The summed E-state index contributed by atoms with van der Waals surface area (Å²) in [5.74, 6) is 0. The summed E-state index contributed by atoms with van der Waals surface area (Å²) < 4.78 is 5.14. The Bertz CT molecular complexity index is 3950. The molecule has 2 nitrogen and oxygen atoms in total. The number of hydrogen-bond donors (Lipinski definition) is 0. The Labute approximate surface area is 407 Å². The van der Waals surface area contributed by atoms with Crippen LogP contribution >= 0.6 is 11.3 Å². The summed E-state index contributed by atoms with van der Waals surface area (Å²) in [5, 5.41) is 5.22. The lowest BCUT2D eigenvalue weighted by Crippen LogP contribution is -2.18. The molecule has 69 heavy (non-hydrogen) atoms. The number of rotatable bonds is 6. The molecule has 0 fully saturated rings. The highest BCUT2D eigenvalue weighted by Gasteiger charge is 2.38. The Morgan fingerprint density at radius 2 is 0.870 bits per heavy atom. The van der Waals surface area contributed by atoms with Gasteiger partial charge in [-0.3, -0.25) is 0 Å². The van der Waals surface area contributed by atoms with Gasteiger partial charge in [-0.2, -0.15) is 0 Å². The van der Waals surface area contributed by atoms with Gasteiger partial charge in [0.1, 0.15) is 0 Å². The van der Waals surface area contributed by atoms with E-state index in [1.807, 2.05) is 11.3 Å². The molecule has 12 aromatic rings. The van der Waals surface area contributed by atoms with E-state index in [0.29, 0.717) is 0 Å². The van der Waals surface area contributed by atoms with Gasteiger partial charge >= 0.3 is 0 Å². The van der Waals surface area contributed by atoms with E-state index in [-0.39, 0.29) is 10.8 Å². The van der Waals surface area contributed by atoms with Crippen LogP contribution in [0.1, 0.15) is 49.9 Å². The van der Waals surface area contributed by atoms with E-state index >= 15 is 0 Å². The number of benzene rings is 10. The fourth-order valence-corrected chi connectivity index (χ4v) is 13.3. The molecule has 0 saturated carbocycles. The fraction of sp³-hybridized carbons (Fsp3) is 0.0909. The first-order valence-corrected chi connectivity index (χ1v) is 25.0. The third kappa shape index (κ3) is 5.90. The fourth-order valence-electron chi connectivity index (χ4n) is 12.1. The lowest BCUT2D eigenvalue weighted by atomic mass is 9.82. The summed E-state index contributed by atoms with van der Waals surface area (Å²) in [4.78, 5) is 2.47. The molecule has 14 rings (SSSR count). The molecule has 0 saturated heterocycles. The molecule has 10 aromatic carbocycles. The van der Waals surface area contributed by atoms with Crippen molar-refractivity contribution in [2.45, 2.75) is 38.5 Å². The van der Waals surface area contributed by atoms with Crippen LogP contribution in [-0.2, 0) is 10.8 Å².